The quantitative estimate of drug-likeness (QED) is 0.785. The smallest absolute Gasteiger partial charge is 0.170 e. The normalized spacial score (nSPS) is 13.8. The van der Waals surface area contributed by atoms with E-state index in [1.54, 1.807) is 24.2 Å². The van der Waals surface area contributed by atoms with Crippen LogP contribution in [0.1, 0.15) is 17.5 Å². The second-order valence-corrected chi connectivity index (χ2v) is 6.08. The van der Waals surface area contributed by atoms with Gasteiger partial charge >= 0.3 is 0 Å². The molecule has 1 aliphatic carbocycles. The lowest BCUT2D eigenvalue weighted by Crippen LogP contribution is -1.97. The largest absolute Gasteiger partial charge is 0.382 e. The summed E-state index contributed by atoms with van der Waals surface area (Å²) in [5.41, 5.74) is 9.66. The molecular weight excluding hydrogens is 268 g/mol. The van der Waals surface area contributed by atoms with E-state index in [-0.39, 0.29) is 0 Å². The summed E-state index contributed by atoms with van der Waals surface area (Å²) >= 11 is 1.63. The van der Waals surface area contributed by atoms with Crippen molar-refractivity contribution in [1.82, 2.24) is 14.4 Å². The molecule has 0 fully saturated rings. The van der Waals surface area contributed by atoms with Crippen LogP contribution < -0.4 is 5.73 Å². The highest BCUT2D eigenvalue weighted by Gasteiger charge is 2.13. The average Bonchev–Trinajstić information content (AvgIpc) is 3.05. The molecule has 2 heterocycles. The van der Waals surface area contributed by atoms with Gasteiger partial charge in [0.2, 0.25) is 0 Å². The van der Waals surface area contributed by atoms with Crippen LogP contribution in [0.15, 0.2) is 46.7 Å². The summed E-state index contributed by atoms with van der Waals surface area (Å²) in [5, 5.41) is 0.855. The zero-order valence-corrected chi connectivity index (χ0v) is 11.7. The first-order chi connectivity index (χ1) is 9.79. The van der Waals surface area contributed by atoms with Gasteiger partial charge in [0.1, 0.15) is 10.8 Å². The Hall–Kier alpha value is -2.01. The molecule has 1 aliphatic rings. The number of benzene rings is 1. The third-order valence-corrected chi connectivity index (χ3v) is 4.60. The molecule has 0 amide bonds. The van der Waals surface area contributed by atoms with Crippen molar-refractivity contribution in [3.8, 4) is 0 Å². The first kappa shape index (κ1) is 11.8. The summed E-state index contributed by atoms with van der Waals surface area (Å²) in [6.07, 6.45) is 9.11. The molecule has 0 saturated carbocycles. The van der Waals surface area contributed by atoms with Gasteiger partial charge in [-0.15, -0.1) is 0 Å². The van der Waals surface area contributed by atoms with Crippen molar-refractivity contribution in [1.29, 1.82) is 0 Å². The summed E-state index contributed by atoms with van der Waals surface area (Å²) in [6.45, 7) is 0. The molecule has 3 aromatic rings. The van der Waals surface area contributed by atoms with Crippen LogP contribution in [0.3, 0.4) is 0 Å². The molecule has 0 spiro atoms. The summed E-state index contributed by atoms with van der Waals surface area (Å²) in [6, 6.07) is 6.68. The number of aryl methyl sites for hydroxylation is 2. The minimum Gasteiger partial charge on any atom is -0.382 e. The van der Waals surface area contributed by atoms with Gasteiger partial charge in [0, 0.05) is 17.3 Å². The minimum absolute atomic E-state index is 0.513. The Balaban J connectivity index is 1.75. The SMILES string of the molecule is Nc1cn2ccnc2c(Sc2ccc3c(c2)CCC3)n1. The highest BCUT2D eigenvalue weighted by atomic mass is 32.2. The minimum atomic E-state index is 0.513. The monoisotopic (exact) mass is 282 g/mol. The molecular formula is C15H14N4S. The molecule has 2 N–H and O–H groups in total. The number of hydrogen-bond acceptors (Lipinski definition) is 4. The van der Waals surface area contributed by atoms with Gasteiger partial charge in [0.15, 0.2) is 5.65 Å². The summed E-state index contributed by atoms with van der Waals surface area (Å²) in [7, 11) is 0. The first-order valence-electron chi connectivity index (χ1n) is 6.68. The van der Waals surface area contributed by atoms with Crippen molar-refractivity contribution < 1.29 is 0 Å². The van der Waals surface area contributed by atoms with Crippen molar-refractivity contribution in [2.45, 2.75) is 29.2 Å². The van der Waals surface area contributed by atoms with Crippen LogP contribution in [0.4, 0.5) is 5.82 Å². The van der Waals surface area contributed by atoms with E-state index >= 15 is 0 Å². The van der Waals surface area contributed by atoms with Gasteiger partial charge in [-0.25, -0.2) is 9.97 Å². The van der Waals surface area contributed by atoms with E-state index in [9.17, 15) is 0 Å². The Bertz CT molecular complexity index is 794. The fraction of sp³-hybridized carbons (Fsp3) is 0.200. The molecule has 0 atom stereocenters. The Labute approximate surface area is 121 Å². The van der Waals surface area contributed by atoms with Crippen molar-refractivity contribution >= 4 is 23.2 Å². The summed E-state index contributed by atoms with van der Waals surface area (Å²) in [5.74, 6) is 0.513. The highest BCUT2D eigenvalue weighted by Crippen LogP contribution is 2.33. The zero-order chi connectivity index (χ0) is 13.5. The van der Waals surface area contributed by atoms with E-state index in [1.165, 1.54) is 35.3 Å². The van der Waals surface area contributed by atoms with E-state index in [4.69, 9.17) is 5.73 Å². The van der Waals surface area contributed by atoms with E-state index in [0.29, 0.717) is 5.82 Å². The lowest BCUT2D eigenvalue weighted by Gasteiger charge is -2.06. The molecule has 5 heteroatoms. The number of nitrogen functional groups attached to an aromatic ring is 1. The lowest BCUT2D eigenvalue weighted by atomic mass is 10.1. The number of nitrogens with zero attached hydrogens (tertiary/aromatic N) is 3. The number of aromatic nitrogens is 3. The molecule has 20 heavy (non-hydrogen) atoms. The van der Waals surface area contributed by atoms with Crippen LogP contribution in [0.2, 0.25) is 0 Å². The van der Waals surface area contributed by atoms with Gasteiger partial charge < -0.3 is 10.1 Å². The van der Waals surface area contributed by atoms with Crippen LogP contribution in [-0.2, 0) is 12.8 Å². The van der Waals surface area contributed by atoms with Gasteiger partial charge in [0.05, 0.1) is 6.20 Å². The standard InChI is InChI=1S/C15H14N4S/c16-13-9-19-7-6-17-14(19)15(18-13)20-12-5-4-10-2-1-3-11(10)8-12/h4-9H,1-3,16H2. The van der Waals surface area contributed by atoms with E-state index in [2.05, 4.69) is 28.2 Å². The fourth-order valence-electron chi connectivity index (χ4n) is 2.71. The Morgan fingerprint density at radius 3 is 3.05 bits per heavy atom. The van der Waals surface area contributed by atoms with Crippen LogP contribution >= 0.6 is 11.8 Å². The van der Waals surface area contributed by atoms with Gasteiger partial charge in [0.25, 0.3) is 0 Å². The molecule has 0 radical (unpaired) electrons. The Morgan fingerprint density at radius 1 is 1.20 bits per heavy atom. The van der Waals surface area contributed by atoms with E-state index in [0.717, 1.165) is 10.7 Å². The maximum absolute atomic E-state index is 5.85. The summed E-state index contributed by atoms with van der Waals surface area (Å²) < 4.78 is 1.91. The molecule has 0 bridgehead atoms. The van der Waals surface area contributed by atoms with Gasteiger partial charge in [-0.3, -0.25) is 0 Å². The maximum atomic E-state index is 5.85. The number of imidazole rings is 1. The number of hydrogen-bond donors (Lipinski definition) is 1. The van der Waals surface area contributed by atoms with Crippen LogP contribution in [0.25, 0.3) is 5.65 Å². The van der Waals surface area contributed by atoms with Gasteiger partial charge in [-0.1, -0.05) is 17.8 Å². The topological polar surface area (TPSA) is 56.2 Å². The predicted molar refractivity (Wildman–Crippen MR) is 80.0 cm³/mol. The lowest BCUT2D eigenvalue weighted by molar-refractivity contribution is 0.911. The average molecular weight is 282 g/mol. The Morgan fingerprint density at radius 2 is 2.10 bits per heavy atom. The van der Waals surface area contributed by atoms with Crippen molar-refractivity contribution in [2.24, 2.45) is 0 Å². The summed E-state index contributed by atoms with van der Waals surface area (Å²) in [4.78, 5) is 9.97. The van der Waals surface area contributed by atoms with Gasteiger partial charge in [-0.2, -0.15) is 0 Å². The Kier molecular flexibility index (Phi) is 2.67. The van der Waals surface area contributed by atoms with Crippen molar-refractivity contribution in [3.63, 3.8) is 0 Å². The van der Waals surface area contributed by atoms with Crippen molar-refractivity contribution in [3.05, 3.63) is 47.9 Å². The van der Waals surface area contributed by atoms with E-state index in [1.807, 2.05) is 10.6 Å². The molecule has 0 aliphatic heterocycles. The number of anilines is 1. The molecule has 2 aromatic heterocycles. The van der Waals surface area contributed by atoms with Gasteiger partial charge in [-0.05, 0) is 42.5 Å². The molecule has 0 saturated heterocycles. The molecule has 4 nitrogen and oxygen atoms in total. The number of rotatable bonds is 2. The number of fused-ring (bicyclic) bond motifs is 2. The predicted octanol–water partition coefficient (Wildman–Crippen LogP) is 2.95. The third kappa shape index (κ3) is 1.94. The maximum Gasteiger partial charge on any atom is 0.170 e. The second-order valence-electron chi connectivity index (χ2n) is 5.02. The second kappa shape index (κ2) is 4.52. The first-order valence-corrected chi connectivity index (χ1v) is 7.50. The third-order valence-electron chi connectivity index (χ3n) is 3.65. The van der Waals surface area contributed by atoms with E-state index < -0.39 is 0 Å². The number of nitrogens with two attached hydrogens (primary N) is 1. The molecule has 0 unspecified atom stereocenters. The molecule has 1 aromatic carbocycles. The van der Waals surface area contributed by atoms with Crippen LogP contribution in [0.5, 0.6) is 0 Å². The van der Waals surface area contributed by atoms with Crippen molar-refractivity contribution in [2.75, 3.05) is 5.73 Å². The molecule has 100 valence electrons. The fourth-order valence-corrected chi connectivity index (χ4v) is 3.67. The molecule has 4 rings (SSSR count). The zero-order valence-electron chi connectivity index (χ0n) is 10.9. The van der Waals surface area contributed by atoms with Crippen LogP contribution in [-0.4, -0.2) is 14.4 Å². The highest BCUT2D eigenvalue weighted by molar-refractivity contribution is 7.99. The van der Waals surface area contributed by atoms with Crippen LogP contribution in [0, 0.1) is 0 Å².